The Morgan fingerprint density at radius 2 is 1.79 bits per heavy atom. The van der Waals surface area contributed by atoms with Crippen molar-refractivity contribution in [3.63, 3.8) is 0 Å². The van der Waals surface area contributed by atoms with Crippen LogP contribution in [-0.4, -0.2) is 50.6 Å². The summed E-state index contributed by atoms with van der Waals surface area (Å²) in [5.41, 5.74) is 2.78. The molecule has 0 aliphatic rings. The first kappa shape index (κ1) is 16.2. The molecule has 0 radical (unpaired) electrons. The molecule has 0 saturated carbocycles. The highest BCUT2D eigenvalue weighted by molar-refractivity contribution is 5.23. The van der Waals surface area contributed by atoms with Crippen LogP contribution in [0.2, 0.25) is 0 Å². The van der Waals surface area contributed by atoms with Crippen molar-refractivity contribution in [1.82, 2.24) is 15.1 Å². The monoisotopic (exact) mass is 263 g/mol. The molecular formula is C16H29N3. The van der Waals surface area contributed by atoms with Crippen LogP contribution in [0.5, 0.6) is 0 Å². The summed E-state index contributed by atoms with van der Waals surface area (Å²) in [7, 11) is 6.46. The van der Waals surface area contributed by atoms with Gasteiger partial charge in [0.15, 0.2) is 0 Å². The van der Waals surface area contributed by atoms with E-state index in [9.17, 15) is 0 Å². The lowest BCUT2D eigenvalue weighted by molar-refractivity contribution is 0.294. The summed E-state index contributed by atoms with van der Waals surface area (Å²) in [6.45, 7) is 7.47. The van der Waals surface area contributed by atoms with E-state index in [2.05, 4.69) is 67.4 Å². The minimum absolute atomic E-state index is 0.967. The number of hydrogen-bond acceptors (Lipinski definition) is 3. The van der Waals surface area contributed by atoms with Gasteiger partial charge in [0.2, 0.25) is 0 Å². The first-order chi connectivity index (χ1) is 9.11. The molecule has 0 saturated heterocycles. The minimum Gasteiger partial charge on any atom is -0.313 e. The van der Waals surface area contributed by atoms with E-state index in [4.69, 9.17) is 0 Å². The lowest BCUT2D eigenvalue weighted by Gasteiger charge is -2.18. The molecule has 3 nitrogen and oxygen atoms in total. The summed E-state index contributed by atoms with van der Waals surface area (Å²) in [6.07, 6.45) is 1.22. The fraction of sp³-hybridized carbons (Fsp3) is 0.625. The van der Waals surface area contributed by atoms with Gasteiger partial charge in [0.1, 0.15) is 0 Å². The Kier molecular flexibility index (Phi) is 7.72. The molecule has 0 aliphatic carbocycles. The third-order valence-corrected chi connectivity index (χ3v) is 3.17. The molecule has 19 heavy (non-hydrogen) atoms. The van der Waals surface area contributed by atoms with Crippen LogP contribution >= 0.6 is 0 Å². The van der Waals surface area contributed by atoms with Crippen molar-refractivity contribution in [2.45, 2.75) is 26.4 Å². The molecule has 0 heterocycles. The Bertz CT molecular complexity index is 350. The maximum atomic E-state index is 3.37. The van der Waals surface area contributed by atoms with Gasteiger partial charge in [-0.05, 0) is 58.3 Å². The number of rotatable bonds is 9. The van der Waals surface area contributed by atoms with Crippen LogP contribution in [0, 0.1) is 0 Å². The maximum absolute atomic E-state index is 3.37. The molecule has 0 unspecified atom stereocenters. The average Bonchev–Trinajstić information content (AvgIpc) is 2.36. The first-order valence-corrected chi connectivity index (χ1v) is 7.23. The minimum atomic E-state index is 0.967. The number of nitrogens with one attached hydrogen (secondary N) is 1. The van der Waals surface area contributed by atoms with E-state index in [1.54, 1.807) is 0 Å². The van der Waals surface area contributed by atoms with Gasteiger partial charge in [-0.3, -0.25) is 0 Å². The highest BCUT2D eigenvalue weighted by Gasteiger charge is 2.02. The van der Waals surface area contributed by atoms with Gasteiger partial charge in [-0.1, -0.05) is 31.2 Å². The van der Waals surface area contributed by atoms with Gasteiger partial charge in [0.25, 0.3) is 0 Å². The van der Waals surface area contributed by atoms with E-state index in [-0.39, 0.29) is 0 Å². The summed E-state index contributed by atoms with van der Waals surface area (Å²) >= 11 is 0. The molecule has 0 aromatic heterocycles. The maximum Gasteiger partial charge on any atom is 0.0230 e. The molecule has 0 fully saturated rings. The molecule has 0 bridgehead atoms. The molecular weight excluding hydrogens is 234 g/mol. The zero-order valence-electron chi connectivity index (χ0n) is 12.9. The molecule has 108 valence electrons. The zero-order chi connectivity index (χ0) is 14.1. The summed E-state index contributed by atoms with van der Waals surface area (Å²) in [5, 5.41) is 3.37. The van der Waals surface area contributed by atoms with E-state index in [0.29, 0.717) is 0 Å². The smallest absolute Gasteiger partial charge is 0.0230 e. The number of hydrogen-bond donors (Lipinski definition) is 1. The van der Waals surface area contributed by atoms with Crippen LogP contribution in [0.1, 0.15) is 24.5 Å². The summed E-state index contributed by atoms with van der Waals surface area (Å²) in [6, 6.07) is 8.89. The van der Waals surface area contributed by atoms with Crippen molar-refractivity contribution in [3.8, 4) is 0 Å². The number of nitrogens with zero attached hydrogens (tertiary/aromatic N) is 2. The van der Waals surface area contributed by atoms with Crippen LogP contribution < -0.4 is 5.32 Å². The van der Waals surface area contributed by atoms with Crippen molar-refractivity contribution in [1.29, 1.82) is 0 Å². The van der Waals surface area contributed by atoms with Crippen molar-refractivity contribution in [2.24, 2.45) is 0 Å². The Morgan fingerprint density at radius 1 is 1.05 bits per heavy atom. The Morgan fingerprint density at radius 3 is 2.47 bits per heavy atom. The van der Waals surface area contributed by atoms with Gasteiger partial charge in [-0.15, -0.1) is 0 Å². The quantitative estimate of drug-likeness (QED) is 0.737. The Labute approximate surface area is 118 Å². The molecule has 1 aromatic carbocycles. The largest absolute Gasteiger partial charge is 0.313 e. The summed E-state index contributed by atoms with van der Waals surface area (Å²) in [4.78, 5) is 4.64. The van der Waals surface area contributed by atoms with Crippen LogP contribution in [0.15, 0.2) is 24.3 Å². The van der Waals surface area contributed by atoms with Crippen LogP contribution in [-0.2, 0) is 13.1 Å². The van der Waals surface area contributed by atoms with E-state index >= 15 is 0 Å². The predicted molar refractivity (Wildman–Crippen MR) is 83.3 cm³/mol. The molecule has 1 rings (SSSR count). The first-order valence-electron chi connectivity index (χ1n) is 7.23. The predicted octanol–water partition coefficient (Wildman–Crippen LogP) is 2.18. The van der Waals surface area contributed by atoms with Gasteiger partial charge >= 0.3 is 0 Å². The van der Waals surface area contributed by atoms with Gasteiger partial charge in [-0.25, -0.2) is 0 Å². The standard InChI is InChI=1S/C16H29N3/c1-5-17-13-15-8-6-9-16(12-15)14-19(4)11-7-10-18(2)3/h6,8-9,12,17H,5,7,10-11,13-14H2,1-4H3. The fourth-order valence-corrected chi connectivity index (χ4v) is 2.15. The highest BCUT2D eigenvalue weighted by atomic mass is 15.1. The Balaban J connectivity index is 2.38. The van der Waals surface area contributed by atoms with Gasteiger partial charge in [0, 0.05) is 13.1 Å². The third-order valence-electron chi connectivity index (χ3n) is 3.17. The Hall–Kier alpha value is -0.900. The van der Waals surface area contributed by atoms with Crippen molar-refractivity contribution < 1.29 is 0 Å². The fourth-order valence-electron chi connectivity index (χ4n) is 2.15. The molecule has 0 aliphatic heterocycles. The average molecular weight is 263 g/mol. The molecule has 3 heteroatoms. The third kappa shape index (κ3) is 7.31. The normalized spacial score (nSPS) is 11.5. The van der Waals surface area contributed by atoms with Crippen LogP contribution in [0.4, 0.5) is 0 Å². The van der Waals surface area contributed by atoms with Crippen molar-refractivity contribution in [2.75, 3.05) is 40.8 Å². The molecule has 1 aromatic rings. The molecule has 0 amide bonds. The van der Waals surface area contributed by atoms with E-state index in [1.165, 1.54) is 17.5 Å². The highest BCUT2D eigenvalue weighted by Crippen LogP contribution is 2.08. The summed E-state index contributed by atoms with van der Waals surface area (Å²) < 4.78 is 0. The van der Waals surface area contributed by atoms with Gasteiger partial charge in [-0.2, -0.15) is 0 Å². The van der Waals surface area contributed by atoms with E-state index in [0.717, 1.165) is 32.7 Å². The molecule has 1 N–H and O–H groups in total. The van der Waals surface area contributed by atoms with Gasteiger partial charge < -0.3 is 15.1 Å². The lowest BCUT2D eigenvalue weighted by atomic mass is 10.1. The number of benzene rings is 1. The van der Waals surface area contributed by atoms with E-state index < -0.39 is 0 Å². The molecule has 0 spiro atoms. The SMILES string of the molecule is CCNCc1cccc(CN(C)CCCN(C)C)c1. The van der Waals surface area contributed by atoms with Crippen molar-refractivity contribution >= 4 is 0 Å². The van der Waals surface area contributed by atoms with Gasteiger partial charge in [0.05, 0.1) is 0 Å². The molecule has 0 atom stereocenters. The second kappa shape index (κ2) is 9.08. The van der Waals surface area contributed by atoms with Crippen molar-refractivity contribution in [3.05, 3.63) is 35.4 Å². The topological polar surface area (TPSA) is 18.5 Å². The lowest BCUT2D eigenvalue weighted by Crippen LogP contribution is -2.23. The summed E-state index contributed by atoms with van der Waals surface area (Å²) in [5.74, 6) is 0. The van der Waals surface area contributed by atoms with E-state index in [1.807, 2.05) is 0 Å². The van der Waals surface area contributed by atoms with Crippen LogP contribution in [0.3, 0.4) is 0 Å². The second-order valence-electron chi connectivity index (χ2n) is 5.49. The zero-order valence-corrected chi connectivity index (χ0v) is 12.9. The second-order valence-corrected chi connectivity index (χ2v) is 5.49. The van der Waals surface area contributed by atoms with Crippen LogP contribution in [0.25, 0.3) is 0 Å².